The predicted octanol–water partition coefficient (Wildman–Crippen LogP) is -1.91. The van der Waals surface area contributed by atoms with E-state index in [2.05, 4.69) is 70.2 Å². The number of nitrogens with zero attached hydrogens (tertiary/aromatic N) is 1. The summed E-state index contributed by atoms with van der Waals surface area (Å²) in [5.41, 5.74) is 0.728. The van der Waals surface area contributed by atoms with Gasteiger partial charge in [0.2, 0.25) is 0 Å². The first-order valence-electron chi connectivity index (χ1n) is 7.63. The molecule has 5 heteroatoms. The van der Waals surface area contributed by atoms with Crippen LogP contribution in [0, 0.1) is 19.3 Å². The van der Waals surface area contributed by atoms with E-state index in [0.29, 0.717) is 17.9 Å². The molecule has 2 N–H and O–H groups in total. The molecule has 1 fully saturated rings. The molecule has 0 aromatic carbocycles. The van der Waals surface area contributed by atoms with Crippen molar-refractivity contribution in [2.45, 2.75) is 51.4 Å². The first-order chi connectivity index (χ1) is 8.82. The maximum absolute atomic E-state index is 6.47. The molecule has 4 atom stereocenters. The summed E-state index contributed by atoms with van der Waals surface area (Å²) in [6, 6.07) is 0.673. The Balaban J connectivity index is -0.000000558. The molecule has 2 rings (SSSR count). The second-order valence-electron chi connectivity index (χ2n) is 6.83. The Labute approximate surface area is 164 Å². The van der Waals surface area contributed by atoms with Crippen LogP contribution < -0.4 is 43.1 Å². The molecule has 2 aliphatic rings. The van der Waals surface area contributed by atoms with Gasteiger partial charge in [0.05, 0.1) is 0 Å². The SMILES string of the molecule is CCC.CN(C)C1CC([Si](C)(C)N)C2C=CC=CC21.[CH3-].[Li+].[Li+]. The van der Waals surface area contributed by atoms with Gasteiger partial charge in [-0.2, -0.15) is 0 Å². The van der Waals surface area contributed by atoms with Gasteiger partial charge >= 0.3 is 37.7 Å². The summed E-state index contributed by atoms with van der Waals surface area (Å²) < 4.78 is 0. The Morgan fingerprint density at radius 2 is 1.45 bits per heavy atom. The summed E-state index contributed by atoms with van der Waals surface area (Å²) in [7, 11) is 2.86. The molecular weight excluding hydrogens is 274 g/mol. The minimum Gasteiger partial charge on any atom is -0.358 e. The molecule has 0 aliphatic heterocycles. The Bertz CT molecular complexity index is 338. The molecule has 0 aromatic rings. The Kier molecular flexibility index (Phi) is 15.4. The maximum Gasteiger partial charge on any atom is 1.00 e. The third-order valence-electron chi connectivity index (χ3n) is 4.25. The molecule has 0 spiro atoms. The number of allylic oxidation sites excluding steroid dienone is 3. The fraction of sp³-hybridized carbons (Fsp3) is 0.706. The third-order valence-corrected chi connectivity index (χ3v) is 6.78. The van der Waals surface area contributed by atoms with Gasteiger partial charge in [-0.15, -0.1) is 0 Å². The van der Waals surface area contributed by atoms with E-state index in [-0.39, 0.29) is 45.1 Å². The zero-order valence-electron chi connectivity index (χ0n) is 16.6. The van der Waals surface area contributed by atoms with Crippen molar-refractivity contribution >= 4 is 8.24 Å². The van der Waals surface area contributed by atoms with Crippen molar-refractivity contribution in [3.63, 3.8) is 0 Å². The maximum atomic E-state index is 6.47. The van der Waals surface area contributed by atoms with Crippen LogP contribution >= 0.6 is 0 Å². The van der Waals surface area contributed by atoms with Crippen molar-refractivity contribution in [1.29, 1.82) is 0 Å². The van der Waals surface area contributed by atoms with Gasteiger partial charge in [-0.3, -0.25) is 0 Å². The average molecular weight is 309 g/mol. The van der Waals surface area contributed by atoms with Crippen molar-refractivity contribution in [3.05, 3.63) is 31.7 Å². The Morgan fingerprint density at radius 1 is 1.05 bits per heavy atom. The summed E-state index contributed by atoms with van der Waals surface area (Å²) in [5, 5.41) is 6.47. The molecule has 118 valence electrons. The molecule has 0 aromatic heterocycles. The van der Waals surface area contributed by atoms with E-state index in [1.54, 1.807) is 0 Å². The summed E-state index contributed by atoms with van der Waals surface area (Å²) in [6.45, 7) is 8.86. The molecule has 0 heterocycles. The second-order valence-corrected chi connectivity index (χ2v) is 11.2. The molecule has 22 heavy (non-hydrogen) atoms. The van der Waals surface area contributed by atoms with Crippen LogP contribution in [0.15, 0.2) is 24.3 Å². The van der Waals surface area contributed by atoms with Crippen LogP contribution in [-0.2, 0) is 0 Å². The first-order valence-corrected chi connectivity index (χ1v) is 10.8. The Morgan fingerprint density at radius 3 is 1.82 bits per heavy atom. The minimum atomic E-state index is -1.53. The van der Waals surface area contributed by atoms with Crippen LogP contribution in [0.2, 0.25) is 18.6 Å². The predicted molar refractivity (Wildman–Crippen MR) is 95.2 cm³/mol. The molecule has 0 saturated heterocycles. The van der Waals surface area contributed by atoms with E-state index in [4.69, 9.17) is 5.40 Å². The van der Waals surface area contributed by atoms with Gasteiger partial charge in [-0.1, -0.05) is 57.7 Å². The topological polar surface area (TPSA) is 29.3 Å². The van der Waals surface area contributed by atoms with Gasteiger partial charge in [0, 0.05) is 6.04 Å². The van der Waals surface area contributed by atoms with Crippen molar-refractivity contribution in [2.24, 2.45) is 17.2 Å². The summed E-state index contributed by atoms with van der Waals surface area (Å²) in [4.78, 5) is 2.38. The van der Waals surface area contributed by atoms with Crippen LogP contribution in [0.4, 0.5) is 0 Å². The fourth-order valence-corrected chi connectivity index (χ4v) is 5.53. The third kappa shape index (κ3) is 7.15. The summed E-state index contributed by atoms with van der Waals surface area (Å²) in [6.07, 6.45) is 11.7. The van der Waals surface area contributed by atoms with Crippen molar-refractivity contribution in [1.82, 2.24) is 4.90 Å². The summed E-state index contributed by atoms with van der Waals surface area (Å²) >= 11 is 0. The van der Waals surface area contributed by atoms with Gasteiger partial charge in [0.15, 0.2) is 0 Å². The average Bonchev–Trinajstić information content (AvgIpc) is 2.69. The van der Waals surface area contributed by atoms with Crippen molar-refractivity contribution in [3.8, 4) is 0 Å². The Hall–Kier alpha value is 0.812. The summed E-state index contributed by atoms with van der Waals surface area (Å²) in [5.74, 6) is 1.37. The molecule has 4 unspecified atom stereocenters. The zero-order chi connectivity index (χ0) is 14.6. The van der Waals surface area contributed by atoms with E-state index < -0.39 is 8.24 Å². The van der Waals surface area contributed by atoms with Gasteiger partial charge in [0.25, 0.3) is 0 Å². The van der Waals surface area contributed by atoms with Gasteiger partial charge in [-0.05, 0) is 37.9 Å². The normalized spacial score (nSPS) is 28.5. The smallest absolute Gasteiger partial charge is 0.358 e. The minimum absolute atomic E-state index is 0. The van der Waals surface area contributed by atoms with E-state index in [0.717, 1.165) is 5.54 Å². The molecule has 2 aliphatic carbocycles. The number of rotatable bonds is 2. The quantitative estimate of drug-likeness (QED) is 0.476. The van der Waals surface area contributed by atoms with Crippen LogP contribution in [0.5, 0.6) is 0 Å². The second kappa shape index (κ2) is 12.2. The monoisotopic (exact) mass is 309 g/mol. The van der Waals surface area contributed by atoms with Crippen LogP contribution in [0.25, 0.3) is 0 Å². The molecule has 1 saturated carbocycles. The number of fused-ring (bicyclic) bond motifs is 1. The fourth-order valence-electron chi connectivity index (χ4n) is 3.36. The van der Waals surface area contributed by atoms with Crippen LogP contribution in [0.1, 0.15) is 26.7 Å². The van der Waals surface area contributed by atoms with Gasteiger partial charge < -0.3 is 17.7 Å². The molecular formula is C17H35Li2N2Si+. The first kappa shape index (κ1) is 27.6. The van der Waals surface area contributed by atoms with Crippen LogP contribution in [0.3, 0.4) is 0 Å². The van der Waals surface area contributed by atoms with E-state index in [9.17, 15) is 0 Å². The number of nitrogens with two attached hydrogens (primary N) is 1. The van der Waals surface area contributed by atoms with Crippen LogP contribution in [-0.4, -0.2) is 33.3 Å². The van der Waals surface area contributed by atoms with E-state index in [1.807, 2.05) is 0 Å². The van der Waals surface area contributed by atoms with Crippen molar-refractivity contribution < 1.29 is 37.7 Å². The zero-order valence-corrected chi connectivity index (χ0v) is 17.6. The number of hydrogen-bond acceptors (Lipinski definition) is 2. The van der Waals surface area contributed by atoms with E-state index in [1.165, 1.54) is 12.8 Å². The molecule has 2 nitrogen and oxygen atoms in total. The molecule has 0 bridgehead atoms. The van der Waals surface area contributed by atoms with Gasteiger partial charge in [-0.25, -0.2) is 0 Å². The van der Waals surface area contributed by atoms with E-state index >= 15 is 0 Å². The standard InChI is InChI=1S/C13H24N2Si.C3H8.CH3.2Li/c1-15(2)12-9-13(16(3,4)14)11-8-6-5-7-10(11)12;1-3-2;;;/h5-8,10-13H,9,14H2,1-4H3;3H2,1-2H3;1H3;;/q;;-1;2*+1. The largest absolute Gasteiger partial charge is 1.00 e. The molecule has 0 amide bonds. The van der Waals surface area contributed by atoms with Gasteiger partial charge in [0.1, 0.15) is 8.24 Å². The van der Waals surface area contributed by atoms with Crippen molar-refractivity contribution in [2.75, 3.05) is 14.1 Å². The molecule has 0 radical (unpaired) electrons. The number of hydrogen-bond donors (Lipinski definition) is 1.